The molecule has 1 fully saturated rings. The number of hydrogen-bond acceptors (Lipinski definition) is 6. The molecular weight excluding hydrogens is 402 g/mol. The van der Waals surface area contributed by atoms with Crippen LogP contribution in [0.3, 0.4) is 0 Å². The summed E-state index contributed by atoms with van der Waals surface area (Å²) in [5, 5.41) is 15.1. The van der Waals surface area contributed by atoms with Crippen LogP contribution in [0.25, 0.3) is 17.2 Å². The van der Waals surface area contributed by atoms with Crippen LogP contribution in [-0.4, -0.2) is 56.5 Å². The number of nitrogens with zero attached hydrogens (tertiary/aromatic N) is 5. The van der Waals surface area contributed by atoms with E-state index >= 15 is 0 Å². The first-order valence-corrected chi connectivity index (χ1v) is 10.3. The first-order valence-electron chi connectivity index (χ1n) is 9.91. The van der Waals surface area contributed by atoms with Crippen LogP contribution in [0, 0.1) is 0 Å². The van der Waals surface area contributed by atoms with E-state index in [-0.39, 0.29) is 12.2 Å². The third-order valence-corrected chi connectivity index (χ3v) is 5.10. The van der Waals surface area contributed by atoms with Crippen molar-refractivity contribution in [3.63, 3.8) is 0 Å². The van der Waals surface area contributed by atoms with Crippen LogP contribution in [-0.2, 0) is 4.74 Å². The van der Waals surface area contributed by atoms with Gasteiger partial charge in [-0.1, -0.05) is 13.3 Å². The Morgan fingerprint density at radius 1 is 1.27 bits per heavy atom. The topological polar surface area (TPSA) is 96.7 Å². The van der Waals surface area contributed by atoms with E-state index in [1.54, 1.807) is 11.1 Å². The van der Waals surface area contributed by atoms with Gasteiger partial charge < -0.3 is 15.4 Å². The molecule has 3 heterocycles. The zero-order chi connectivity index (χ0) is 20.9. The number of nitrogens with one attached hydrogen (secondary N) is 2. The van der Waals surface area contributed by atoms with E-state index in [4.69, 9.17) is 17.0 Å². The molecule has 1 saturated heterocycles. The summed E-state index contributed by atoms with van der Waals surface area (Å²) in [5.41, 5.74) is 1.65. The molecule has 0 unspecified atom stereocenters. The van der Waals surface area contributed by atoms with Gasteiger partial charge in [0.2, 0.25) is 0 Å². The van der Waals surface area contributed by atoms with E-state index in [9.17, 15) is 4.79 Å². The maximum Gasteiger partial charge on any atom is 0.414 e. The molecule has 0 radical (unpaired) electrons. The summed E-state index contributed by atoms with van der Waals surface area (Å²) in [6, 6.07) is 9.39. The number of amides is 1. The van der Waals surface area contributed by atoms with Crippen LogP contribution in [0.1, 0.15) is 19.8 Å². The molecule has 30 heavy (non-hydrogen) atoms. The lowest BCUT2D eigenvalue weighted by molar-refractivity contribution is 0.143. The minimum atomic E-state index is -0.364. The number of fused-ring (bicyclic) bond motifs is 1. The van der Waals surface area contributed by atoms with E-state index in [1.807, 2.05) is 40.9 Å². The number of aromatic nitrogens is 4. The molecule has 9 nitrogen and oxygen atoms in total. The van der Waals surface area contributed by atoms with Gasteiger partial charge in [-0.2, -0.15) is 0 Å². The summed E-state index contributed by atoms with van der Waals surface area (Å²) in [5.74, 6) is 1.23. The molecule has 1 amide bonds. The average Bonchev–Trinajstić information content (AvgIpc) is 3.36. The molecule has 2 aromatic heterocycles. The standard InChI is InChI=1S/C20H23N7O2S/c1-2-3-9-22-19(30)23-12-16-13-27(20(28)29-16)15-7-5-14(6-8-15)17-24-25-18-21-10-4-11-26(17)18/h4-8,10-11,16H,2-3,9,12-13H2,1H3,(H2,22,23,30)/t16-/m0/s1. The summed E-state index contributed by atoms with van der Waals surface area (Å²) >= 11 is 5.25. The number of benzene rings is 1. The quantitative estimate of drug-likeness (QED) is 0.440. The van der Waals surface area contributed by atoms with Crippen molar-refractivity contribution in [1.82, 2.24) is 30.2 Å². The van der Waals surface area contributed by atoms with Crippen molar-refractivity contribution >= 4 is 34.9 Å². The van der Waals surface area contributed by atoms with E-state index in [0.29, 0.717) is 29.8 Å². The molecular formula is C20H23N7O2S. The van der Waals surface area contributed by atoms with Crippen LogP contribution in [0.5, 0.6) is 0 Å². The van der Waals surface area contributed by atoms with Crippen molar-refractivity contribution in [3.05, 3.63) is 42.7 Å². The molecule has 1 aliphatic rings. The maximum atomic E-state index is 12.3. The summed E-state index contributed by atoms with van der Waals surface area (Å²) in [4.78, 5) is 18.1. The Balaban J connectivity index is 1.37. The molecule has 0 bridgehead atoms. The molecule has 2 N–H and O–H groups in total. The van der Waals surface area contributed by atoms with E-state index < -0.39 is 0 Å². The van der Waals surface area contributed by atoms with Crippen molar-refractivity contribution in [2.24, 2.45) is 0 Å². The van der Waals surface area contributed by atoms with Crippen LogP contribution >= 0.6 is 12.2 Å². The van der Waals surface area contributed by atoms with E-state index in [1.165, 1.54) is 0 Å². The van der Waals surface area contributed by atoms with Gasteiger partial charge in [-0.25, -0.2) is 9.78 Å². The largest absolute Gasteiger partial charge is 0.442 e. The molecule has 0 saturated carbocycles. The lowest BCUT2D eigenvalue weighted by Gasteiger charge is -2.14. The van der Waals surface area contributed by atoms with Crippen molar-refractivity contribution in [2.45, 2.75) is 25.9 Å². The molecule has 1 atom stereocenters. The smallest absolute Gasteiger partial charge is 0.414 e. The fourth-order valence-electron chi connectivity index (χ4n) is 3.22. The molecule has 1 aromatic carbocycles. The first kappa shape index (κ1) is 20.0. The average molecular weight is 426 g/mol. The highest BCUT2D eigenvalue weighted by Gasteiger charge is 2.32. The predicted molar refractivity (Wildman–Crippen MR) is 117 cm³/mol. The van der Waals surface area contributed by atoms with Crippen LogP contribution < -0.4 is 15.5 Å². The third-order valence-electron chi connectivity index (χ3n) is 4.81. The van der Waals surface area contributed by atoms with Gasteiger partial charge >= 0.3 is 6.09 Å². The Labute approximate surface area is 179 Å². The van der Waals surface area contributed by atoms with Crippen LogP contribution in [0.15, 0.2) is 42.7 Å². The molecule has 10 heteroatoms. The third kappa shape index (κ3) is 4.33. The lowest BCUT2D eigenvalue weighted by atomic mass is 10.2. The highest BCUT2D eigenvalue weighted by atomic mass is 32.1. The van der Waals surface area contributed by atoms with Crippen molar-refractivity contribution in [3.8, 4) is 11.4 Å². The number of carbonyl (C=O) groups is 1. The number of carbonyl (C=O) groups excluding carboxylic acids is 1. The molecule has 156 valence electrons. The minimum Gasteiger partial charge on any atom is -0.442 e. The summed E-state index contributed by atoms with van der Waals surface area (Å²) < 4.78 is 7.28. The highest BCUT2D eigenvalue weighted by molar-refractivity contribution is 7.80. The van der Waals surface area contributed by atoms with E-state index in [2.05, 4.69) is 32.7 Å². The number of rotatable bonds is 7. The molecule has 1 aliphatic heterocycles. The number of unbranched alkanes of at least 4 members (excludes halogenated alkanes) is 1. The number of thiocarbonyl (C=S) groups is 1. The SMILES string of the molecule is CCCCNC(=S)NC[C@H]1CN(c2ccc(-c3nnc4ncccn34)cc2)C(=O)O1. The number of hydrogen-bond donors (Lipinski definition) is 2. The lowest BCUT2D eigenvalue weighted by Crippen LogP contribution is -2.41. The Morgan fingerprint density at radius 3 is 2.90 bits per heavy atom. The van der Waals surface area contributed by atoms with Crippen LogP contribution in [0.2, 0.25) is 0 Å². The van der Waals surface area contributed by atoms with Crippen molar-refractivity contribution < 1.29 is 9.53 Å². The van der Waals surface area contributed by atoms with Gasteiger partial charge in [-0.3, -0.25) is 9.30 Å². The van der Waals surface area contributed by atoms with Gasteiger partial charge in [-0.15, -0.1) is 10.2 Å². The van der Waals surface area contributed by atoms with Gasteiger partial charge in [0.1, 0.15) is 6.10 Å². The van der Waals surface area contributed by atoms with Gasteiger partial charge in [0.15, 0.2) is 10.9 Å². The Morgan fingerprint density at radius 2 is 2.10 bits per heavy atom. The molecule has 0 spiro atoms. The Hall–Kier alpha value is -3.27. The fraction of sp³-hybridized carbons (Fsp3) is 0.350. The molecule has 3 aromatic rings. The summed E-state index contributed by atoms with van der Waals surface area (Å²) in [6.45, 7) is 3.89. The van der Waals surface area contributed by atoms with E-state index in [0.717, 1.165) is 30.6 Å². The number of anilines is 1. The van der Waals surface area contributed by atoms with Gasteiger partial charge in [0.05, 0.1) is 13.1 Å². The predicted octanol–water partition coefficient (Wildman–Crippen LogP) is 2.38. The first-order chi connectivity index (χ1) is 14.7. The second kappa shape index (κ2) is 9.04. The zero-order valence-electron chi connectivity index (χ0n) is 16.6. The number of cyclic esters (lactones) is 1. The molecule has 0 aliphatic carbocycles. The maximum absolute atomic E-state index is 12.3. The monoisotopic (exact) mass is 425 g/mol. The molecule has 4 rings (SSSR count). The second-order valence-electron chi connectivity index (χ2n) is 6.97. The van der Waals surface area contributed by atoms with Crippen LogP contribution in [0.4, 0.5) is 10.5 Å². The number of ether oxygens (including phenoxy) is 1. The fourth-order valence-corrected chi connectivity index (χ4v) is 3.40. The Bertz CT molecular complexity index is 1040. The van der Waals surface area contributed by atoms with Crippen molar-refractivity contribution in [2.75, 3.05) is 24.5 Å². The normalized spacial score (nSPS) is 16.0. The zero-order valence-corrected chi connectivity index (χ0v) is 17.4. The minimum absolute atomic E-state index is 0.269. The second-order valence-corrected chi connectivity index (χ2v) is 7.38. The Kier molecular flexibility index (Phi) is 6.03. The highest BCUT2D eigenvalue weighted by Crippen LogP contribution is 2.25. The summed E-state index contributed by atoms with van der Waals surface area (Å²) in [6.07, 6.45) is 5.07. The van der Waals surface area contributed by atoms with Gasteiger partial charge in [0.25, 0.3) is 5.78 Å². The van der Waals surface area contributed by atoms with Crippen molar-refractivity contribution in [1.29, 1.82) is 0 Å². The van der Waals surface area contributed by atoms with Gasteiger partial charge in [0, 0.05) is 30.2 Å². The summed E-state index contributed by atoms with van der Waals surface area (Å²) in [7, 11) is 0. The van der Waals surface area contributed by atoms with Gasteiger partial charge in [-0.05, 0) is 49.0 Å².